The highest BCUT2D eigenvalue weighted by Gasteiger charge is 2.22. The molecule has 2 amide bonds. The van der Waals surface area contributed by atoms with E-state index in [-0.39, 0.29) is 6.61 Å². The zero-order chi connectivity index (χ0) is 18.3. The number of amides is 2. The van der Waals surface area contributed by atoms with Crippen molar-refractivity contribution in [2.75, 3.05) is 20.3 Å². The van der Waals surface area contributed by atoms with E-state index in [0.717, 1.165) is 10.7 Å². The maximum Gasteiger partial charge on any atom is 0.328 e. The summed E-state index contributed by atoms with van der Waals surface area (Å²) in [5, 5.41) is 14.6. The highest BCUT2D eigenvalue weighted by molar-refractivity contribution is 7.09. The maximum atomic E-state index is 12.2. The normalized spacial score (nSPS) is 12.5. The van der Waals surface area contributed by atoms with E-state index in [0.29, 0.717) is 25.0 Å². The van der Waals surface area contributed by atoms with Crippen LogP contribution in [0, 0.1) is 5.92 Å². The van der Waals surface area contributed by atoms with Crippen LogP contribution in [0.4, 0.5) is 4.79 Å². The number of nitrogens with zero attached hydrogens (tertiary/aromatic N) is 2. The van der Waals surface area contributed by atoms with Gasteiger partial charge in [0.15, 0.2) is 6.04 Å². The Labute approximate surface area is 147 Å². The smallest absolute Gasteiger partial charge is 0.328 e. The van der Waals surface area contributed by atoms with E-state index in [1.54, 1.807) is 18.4 Å². The van der Waals surface area contributed by atoms with E-state index in [4.69, 9.17) is 4.74 Å². The third kappa shape index (κ3) is 6.84. The lowest BCUT2D eigenvalue weighted by atomic mass is 10.2. The number of ether oxygens (including phenoxy) is 1. The second-order valence-electron chi connectivity index (χ2n) is 6.46. The Kier molecular flexibility index (Phi) is 8.14. The van der Waals surface area contributed by atoms with Gasteiger partial charge in [-0.15, -0.1) is 11.3 Å². The van der Waals surface area contributed by atoms with Gasteiger partial charge in [-0.3, -0.25) is 0 Å². The molecule has 0 aliphatic carbocycles. The first-order valence-electron chi connectivity index (χ1n) is 7.97. The molecule has 0 unspecified atom stereocenters. The quantitative estimate of drug-likeness (QED) is 0.708. The van der Waals surface area contributed by atoms with Crippen LogP contribution in [0.5, 0.6) is 0 Å². The maximum absolute atomic E-state index is 12.2. The number of hydrogen-bond donors (Lipinski definition) is 2. The van der Waals surface area contributed by atoms with Gasteiger partial charge in [-0.1, -0.05) is 27.7 Å². The Morgan fingerprint density at radius 2 is 2.00 bits per heavy atom. The summed E-state index contributed by atoms with van der Waals surface area (Å²) < 4.78 is 5.32. The minimum absolute atomic E-state index is 0.0543. The van der Waals surface area contributed by atoms with Gasteiger partial charge in [0.1, 0.15) is 0 Å². The summed E-state index contributed by atoms with van der Waals surface area (Å²) >= 11 is 1.56. The fraction of sp³-hybridized carbons (Fsp3) is 0.688. The Bertz CT molecular complexity index is 545. The van der Waals surface area contributed by atoms with Crippen LogP contribution in [-0.4, -0.2) is 53.3 Å². The van der Waals surface area contributed by atoms with Crippen LogP contribution in [-0.2, 0) is 16.1 Å². The summed E-state index contributed by atoms with van der Waals surface area (Å²) in [5.41, 5.74) is 0.796. The van der Waals surface area contributed by atoms with Crippen molar-refractivity contribution in [1.29, 1.82) is 0 Å². The fourth-order valence-electron chi connectivity index (χ4n) is 1.83. The zero-order valence-electron chi connectivity index (χ0n) is 14.9. The van der Waals surface area contributed by atoms with Crippen LogP contribution in [0.15, 0.2) is 5.38 Å². The standard InChI is InChI=1S/C16H27N3O4S/c1-10(2)7-23-8-13(15(20)21)18-16(22)19(5)6-12-9-24-14(17-12)11(3)4/h9-11,13H,6-8H2,1-5H3,(H,18,22)(H,20,21)/t13-/m0/s1. The second-order valence-corrected chi connectivity index (χ2v) is 7.35. The molecular formula is C16H27N3O4S. The molecule has 0 aliphatic rings. The largest absolute Gasteiger partial charge is 0.480 e. The molecule has 0 radical (unpaired) electrons. The molecule has 0 saturated carbocycles. The number of carbonyl (C=O) groups is 2. The second kappa shape index (κ2) is 9.58. The molecule has 0 aromatic carbocycles. The van der Waals surface area contributed by atoms with Crippen LogP contribution in [0.2, 0.25) is 0 Å². The van der Waals surface area contributed by atoms with E-state index in [9.17, 15) is 14.7 Å². The molecule has 0 spiro atoms. The van der Waals surface area contributed by atoms with Crippen molar-refractivity contribution in [1.82, 2.24) is 15.2 Å². The average Bonchev–Trinajstić information content (AvgIpc) is 2.94. The first-order chi connectivity index (χ1) is 11.2. The topological polar surface area (TPSA) is 91.8 Å². The number of thiazole rings is 1. The van der Waals surface area contributed by atoms with E-state index in [1.807, 2.05) is 19.2 Å². The average molecular weight is 357 g/mol. The van der Waals surface area contributed by atoms with Crippen molar-refractivity contribution in [3.8, 4) is 0 Å². The lowest BCUT2D eigenvalue weighted by molar-refractivity contribution is -0.141. The van der Waals surface area contributed by atoms with Crippen LogP contribution in [0.1, 0.15) is 44.3 Å². The highest BCUT2D eigenvalue weighted by atomic mass is 32.1. The SMILES string of the molecule is CC(C)COC[C@H](NC(=O)N(C)Cc1csc(C(C)C)n1)C(=O)O. The number of aromatic nitrogens is 1. The van der Waals surface area contributed by atoms with Crippen molar-refractivity contribution < 1.29 is 19.4 Å². The third-order valence-corrected chi connectivity index (χ3v) is 4.33. The number of rotatable bonds is 9. The van der Waals surface area contributed by atoms with Gasteiger partial charge >= 0.3 is 12.0 Å². The molecule has 0 aliphatic heterocycles. The molecule has 1 aromatic heterocycles. The van der Waals surface area contributed by atoms with Crippen molar-refractivity contribution in [3.05, 3.63) is 16.1 Å². The van der Waals surface area contributed by atoms with E-state index in [1.165, 1.54) is 4.90 Å². The molecule has 0 saturated heterocycles. The van der Waals surface area contributed by atoms with Gasteiger partial charge in [-0.2, -0.15) is 0 Å². The minimum atomic E-state index is -1.11. The molecule has 1 rings (SSSR count). The van der Waals surface area contributed by atoms with Crippen molar-refractivity contribution in [3.63, 3.8) is 0 Å². The number of carbonyl (C=O) groups excluding carboxylic acids is 1. The minimum Gasteiger partial charge on any atom is -0.480 e. The fourth-order valence-corrected chi connectivity index (χ4v) is 2.66. The molecular weight excluding hydrogens is 330 g/mol. The van der Waals surface area contributed by atoms with Gasteiger partial charge in [0, 0.05) is 25.0 Å². The van der Waals surface area contributed by atoms with Crippen molar-refractivity contribution >= 4 is 23.3 Å². The molecule has 1 heterocycles. The van der Waals surface area contributed by atoms with Gasteiger partial charge in [0.25, 0.3) is 0 Å². The molecule has 0 bridgehead atoms. The number of nitrogens with one attached hydrogen (secondary N) is 1. The van der Waals surface area contributed by atoms with Gasteiger partial charge in [0.05, 0.1) is 23.9 Å². The summed E-state index contributed by atoms with van der Waals surface area (Å²) in [6.07, 6.45) is 0. The number of carboxylic acids is 1. The Hall–Kier alpha value is -1.67. The molecule has 8 heteroatoms. The molecule has 7 nitrogen and oxygen atoms in total. The van der Waals surface area contributed by atoms with Crippen LogP contribution >= 0.6 is 11.3 Å². The number of carboxylic acid groups (broad SMARTS) is 1. The molecule has 136 valence electrons. The molecule has 24 heavy (non-hydrogen) atoms. The van der Waals surface area contributed by atoms with E-state index < -0.39 is 18.0 Å². The summed E-state index contributed by atoms with van der Waals surface area (Å²) in [7, 11) is 1.61. The first-order valence-corrected chi connectivity index (χ1v) is 8.85. The number of aliphatic carboxylic acids is 1. The Balaban J connectivity index is 2.54. The lowest BCUT2D eigenvalue weighted by Gasteiger charge is -2.21. The Morgan fingerprint density at radius 3 is 2.50 bits per heavy atom. The molecule has 1 aromatic rings. The lowest BCUT2D eigenvalue weighted by Crippen LogP contribution is -2.48. The third-order valence-electron chi connectivity index (χ3n) is 3.14. The number of urea groups is 1. The zero-order valence-corrected chi connectivity index (χ0v) is 15.7. The first kappa shape index (κ1) is 20.4. The summed E-state index contributed by atoms with van der Waals surface area (Å²) in [5.74, 6) is -0.466. The predicted molar refractivity (Wildman–Crippen MR) is 93.3 cm³/mol. The van der Waals surface area contributed by atoms with E-state index in [2.05, 4.69) is 24.1 Å². The van der Waals surface area contributed by atoms with Crippen LogP contribution in [0.3, 0.4) is 0 Å². The van der Waals surface area contributed by atoms with Crippen LogP contribution in [0.25, 0.3) is 0 Å². The summed E-state index contributed by atoms with van der Waals surface area (Å²) in [4.78, 5) is 29.3. The summed E-state index contributed by atoms with van der Waals surface area (Å²) in [6.45, 7) is 8.80. The highest BCUT2D eigenvalue weighted by Crippen LogP contribution is 2.19. The van der Waals surface area contributed by atoms with Gasteiger partial charge in [-0.05, 0) is 5.92 Å². The van der Waals surface area contributed by atoms with Gasteiger partial charge in [0.2, 0.25) is 0 Å². The number of hydrogen-bond acceptors (Lipinski definition) is 5. The molecule has 2 N–H and O–H groups in total. The van der Waals surface area contributed by atoms with E-state index >= 15 is 0 Å². The molecule has 1 atom stereocenters. The van der Waals surface area contributed by atoms with Gasteiger partial charge < -0.3 is 20.1 Å². The van der Waals surface area contributed by atoms with Crippen LogP contribution < -0.4 is 5.32 Å². The monoisotopic (exact) mass is 357 g/mol. The Morgan fingerprint density at radius 1 is 1.33 bits per heavy atom. The molecule has 0 fully saturated rings. The van der Waals surface area contributed by atoms with Crippen molar-refractivity contribution in [2.24, 2.45) is 5.92 Å². The van der Waals surface area contributed by atoms with Crippen molar-refractivity contribution in [2.45, 2.75) is 46.2 Å². The van der Waals surface area contributed by atoms with Gasteiger partial charge in [-0.25, -0.2) is 14.6 Å². The predicted octanol–water partition coefficient (Wildman–Crippen LogP) is 2.53. The summed E-state index contributed by atoms with van der Waals surface area (Å²) in [6, 6.07) is -1.53.